The number of nitrogens with zero attached hydrogens (tertiary/aromatic N) is 1. The molecule has 1 aromatic rings. The summed E-state index contributed by atoms with van der Waals surface area (Å²) in [6.07, 6.45) is 10.6. The van der Waals surface area contributed by atoms with E-state index < -0.39 is 0 Å². The largest absolute Gasteiger partial charge is 0.392 e. The second-order valence-corrected chi connectivity index (χ2v) is 7.49. The van der Waals surface area contributed by atoms with E-state index in [9.17, 15) is 14.3 Å². The maximum atomic E-state index is 13.2. The van der Waals surface area contributed by atoms with Gasteiger partial charge < -0.3 is 10.0 Å². The van der Waals surface area contributed by atoms with Crippen molar-refractivity contribution in [2.24, 2.45) is 5.92 Å². The van der Waals surface area contributed by atoms with Gasteiger partial charge in [-0.25, -0.2) is 4.39 Å². The van der Waals surface area contributed by atoms with Gasteiger partial charge in [0.2, 0.25) is 5.91 Å². The Morgan fingerprint density at radius 1 is 1.16 bits per heavy atom. The van der Waals surface area contributed by atoms with Crippen molar-refractivity contribution in [1.82, 2.24) is 4.90 Å². The number of rotatable bonds is 3. The van der Waals surface area contributed by atoms with Crippen LogP contribution in [0.3, 0.4) is 0 Å². The Hall–Kier alpha value is -1.94. The zero-order valence-electron chi connectivity index (χ0n) is 14.3. The summed E-state index contributed by atoms with van der Waals surface area (Å²) in [5, 5.41) is 9.17. The molecule has 2 fully saturated rings. The number of benzene rings is 1. The van der Waals surface area contributed by atoms with Gasteiger partial charge in [-0.3, -0.25) is 4.79 Å². The summed E-state index contributed by atoms with van der Waals surface area (Å²) < 4.78 is 13.2. The molecule has 0 aromatic heterocycles. The number of halogens is 1. The summed E-state index contributed by atoms with van der Waals surface area (Å²) in [6, 6.07) is 7.46. The molecule has 4 atom stereocenters. The lowest BCUT2D eigenvalue weighted by Gasteiger charge is -2.40. The van der Waals surface area contributed by atoms with Crippen molar-refractivity contribution < 1.29 is 14.3 Å². The highest BCUT2D eigenvalue weighted by Gasteiger charge is 2.44. The molecule has 2 aliphatic heterocycles. The molecule has 3 aliphatic rings. The molecule has 1 aromatic carbocycles. The summed E-state index contributed by atoms with van der Waals surface area (Å²) in [4.78, 5) is 15.2. The number of aliphatic hydroxyl groups excluding tert-OH is 1. The van der Waals surface area contributed by atoms with Crippen molar-refractivity contribution in [2.75, 3.05) is 6.61 Å². The predicted octanol–water partition coefficient (Wildman–Crippen LogP) is 3.56. The van der Waals surface area contributed by atoms with Gasteiger partial charge >= 0.3 is 0 Å². The predicted molar refractivity (Wildman–Crippen MR) is 94.4 cm³/mol. The number of piperidine rings is 1. The van der Waals surface area contributed by atoms with Gasteiger partial charge in [0.15, 0.2) is 0 Å². The van der Waals surface area contributed by atoms with Crippen LogP contribution in [0.15, 0.2) is 48.1 Å². The molecule has 1 N–H and O–H groups in total. The van der Waals surface area contributed by atoms with Crippen molar-refractivity contribution in [3.05, 3.63) is 59.4 Å². The fraction of sp³-hybridized carbons (Fsp3) is 0.476. The molecule has 25 heavy (non-hydrogen) atoms. The molecule has 0 saturated carbocycles. The van der Waals surface area contributed by atoms with Crippen molar-refractivity contribution in [2.45, 2.75) is 50.1 Å². The van der Waals surface area contributed by atoms with E-state index in [2.05, 4.69) is 4.90 Å². The number of hydrogen-bond donors (Lipinski definition) is 1. The third kappa shape index (κ3) is 3.15. The lowest BCUT2D eigenvalue weighted by Crippen LogP contribution is -2.48. The maximum absolute atomic E-state index is 13.2. The molecule has 0 spiro atoms. The maximum Gasteiger partial charge on any atom is 0.230 e. The molecule has 2 saturated heterocycles. The van der Waals surface area contributed by atoms with Crippen LogP contribution in [0.25, 0.3) is 0 Å². The second-order valence-electron chi connectivity index (χ2n) is 7.49. The number of aliphatic hydroxyl groups is 1. The Morgan fingerprint density at radius 2 is 1.84 bits per heavy atom. The number of allylic oxidation sites excluding steroid dienone is 1. The van der Waals surface area contributed by atoms with Gasteiger partial charge in [0, 0.05) is 12.1 Å². The normalized spacial score (nSPS) is 31.1. The highest BCUT2D eigenvalue weighted by molar-refractivity contribution is 5.82. The van der Waals surface area contributed by atoms with Crippen molar-refractivity contribution >= 4 is 5.91 Å². The first-order valence-electron chi connectivity index (χ1n) is 9.21. The van der Waals surface area contributed by atoms with Gasteiger partial charge in [-0.05, 0) is 61.3 Å². The molecule has 1 aliphatic carbocycles. The summed E-state index contributed by atoms with van der Waals surface area (Å²) in [5.41, 5.74) is 2.08. The minimum Gasteiger partial charge on any atom is -0.392 e. The number of carbonyl (C=O) groups excluding carboxylic acids is 1. The first kappa shape index (κ1) is 16.5. The Balaban J connectivity index is 1.46. The molecule has 2 bridgehead atoms. The summed E-state index contributed by atoms with van der Waals surface area (Å²) in [5.74, 6) is 0.360. The molecule has 132 valence electrons. The number of carbonyl (C=O) groups is 1. The minimum atomic E-state index is -0.196. The van der Waals surface area contributed by atoms with Crippen LogP contribution in [0, 0.1) is 11.7 Å². The average molecular weight is 341 g/mol. The lowest BCUT2D eigenvalue weighted by atomic mass is 9.84. The van der Waals surface area contributed by atoms with Gasteiger partial charge in [0.05, 0.1) is 12.5 Å². The van der Waals surface area contributed by atoms with Crippen molar-refractivity contribution in [3.8, 4) is 0 Å². The van der Waals surface area contributed by atoms with E-state index in [-0.39, 0.29) is 24.2 Å². The number of fused-ring (bicyclic) bond motifs is 2. The third-order valence-corrected chi connectivity index (χ3v) is 6.01. The summed E-state index contributed by atoms with van der Waals surface area (Å²) in [6.45, 7) is 0.0335. The monoisotopic (exact) mass is 341 g/mol. The quantitative estimate of drug-likeness (QED) is 0.913. The van der Waals surface area contributed by atoms with E-state index in [0.717, 1.165) is 31.3 Å². The summed E-state index contributed by atoms with van der Waals surface area (Å²) in [7, 11) is 0. The molecule has 2 heterocycles. The smallest absolute Gasteiger partial charge is 0.230 e. The van der Waals surface area contributed by atoms with Crippen LogP contribution in [0.1, 0.15) is 43.6 Å². The fourth-order valence-corrected chi connectivity index (χ4v) is 4.70. The Morgan fingerprint density at radius 3 is 2.40 bits per heavy atom. The van der Waals surface area contributed by atoms with Crippen molar-refractivity contribution in [1.29, 1.82) is 0 Å². The topological polar surface area (TPSA) is 40.5 Å². The van der Waals surface area contributed by atoms with E-state index in [1.165, 1.54) is 17.7 Å². The van der Waals surface area contributed by atoms with E-state index in [1.54, 1.807) is 0 Å². The van der Waals surface area contributed by atoms with Crippen LogP contribution in [0.2, 0.25) is 0 Å². The van der Waals surface area contributed by atoms with Crippen LogP contribution in [0.4, 0.5) is 4.39 Å². The van der Waals surface area contributed by atoms with E-state index in [4.69, 9.17) is 0 Å². The summed E-state index contributed by atoms with van der Waals surface area (Å²) >= 11 is 0. The van der Waals surface area contributed by atoms with Gasteiger partial charge in [0.1, 0.15) is 5.82 Å². The second kappa shape index (κ2) is 6.75. The number of amides is 1. The molecule has 3 nitrogen and oxygen atoms in total. The molecular weight excluding hydrogens is 317 g/mol. The number of hydrogen-bond acceptors (Lipinski definition) is 2. The van der Waals surface area contributed by atoms with Crippen LogP contribution in [-0.4, -0.2) is 34.6 Å². The first-order chi connectivity index (χ1) is 12.2. The molecule has 1 amide bonds. The molecular formula is C21H24FNO2. The van der Waals surface area contributed by atoms with Crippen LogP contribution in [0.5, 0.6) is 0 Å². The molecule has 0 radical (unpaired) electrons. The average Bonchev–Trinajstić information content (AvgIpc) is 2.91. The van der Waals surface area contributed by atoms with E-state index in [0.29, 0.717) is 24.4 Å². The lowest BCUT2D eigenvalue weighted by molar-refractivity contribution is -0.138. The van der Waals surface area contributed by atoms with E-state index >= 15 is 0 Å². The van der Waals surface area contributed by atoms with Crippen LogP contribution < -0.4 is 0 Å². The van der Waals surface area contributed by atoms with Gasteiger partial charge in [-0.15, -0.1) is 0 Å². The standard InChI is InChI=1S/C21H24FNO2/c22-18-7-5-15(6-8-18)17-11-19-9-10-20(12-17)23(19)21(25)16-3-1-14(13-24)2-4-16/h1-3,5-8,16-17,19-20,24H,4,9-13H2/t16?,17-,19+,20-. The van der Waals surface area contributed by atoms with Gasteiger partial charge in [-0.2, -0.15) is 0 Å². The van der Waals surface area contributed by atoms with Crippen LogP contribution in [-0.2, 0) is 4.79 Å². The Kier molecular flexibility index (Phi) is 4.46. The minimum absolute atomic E-state index is 0.0335. The molecule has 1 unspecified atom stereocenters. The Labute approximate surface area is 147 Å². The molecule has 4 heteroatoms. The third-order valence-electron chi connectivity index (χ3n) is 6.01. The van der Waals surface area contributed by atoms with E-state index in [1.807, 2.05) is 30.4 Å². The fourth-order valence-electron chi connectivity index (χ4n) is 4.70. The SMILES string of the molecule is O=C(C1C=CC(CO)=CC1)N1[C@@H]2CC[C@H]1C[C@@H](c1ccc(F)cc1)C2. The van der Waals surface area contributed by atoms with Gasteiger partial charge in [-0.1, -0.05) is 30.4 Å². The Bertz CT molecular complexity index is 695. The van der Waals surface area contributed by atoms with Crippen LogP contribution >= 0.6 is 0 Å². The first-order valence-corrected chi connectivity index (χ1v) is 9.21. The molecule has 4 rings (SSSR count). The zero-order valence-corrected chi connectivity index (χ0v) is 14.3. The van der Waals surface area contributed by atoms with Crippen molar-refractivity contribution in [3.63, 3.8) is 0 Å². The highest BCUT2D eigenvalue weighted by atomic mass is 19.1. The zero-order chi connectivity index (χ0) is 17.4. The van der Waals surface area contributed by atoms with Gasteiger partial charge in [0.25, 0.3) is 0 Å². The highest BCUT2D eigenvalue weighted by Crippen LogP contribution is 2.44.